The van der Waals surface area contributed by atoms with E-state index >= 15 is 0 Å². The van der Waals surface area contributed by atoms with E-state index in [0.29, 0.717) is 26.3 Å². The highest BCUT2D eigenvalue weighted by atomic mass is 16.5. The van der Waals surface area contributed by atoms with E-state index in [1.165, 1.54) is 4.90 Å². The zero-order valence-electron chi connectivity index (χ0n) is 12.2. The van der Waals surface area contributed by atoms with Crippen molar-refractivity contribution >= 4 is 17.5 Å². The summed E-state index contributed by atoms with van der Waals surface area (Å²) in [5.41, 5.74) is 1.77. The standard InChI is InChI=1S/C16H20N2O3/c1-2-12-5-3-4-6-13(12)18-15(19)11-14(16(18)20)17-7-9-21-10-8-17/h3-6,14H,2,7-11H2,1H3/t14-/m1/s1. The lowest BCUT2D eigenvalue weighted by molar-refractivity contribution is -0.123. The van der Waals surface area contributed by atoms with Gasteiger partial charge in [-0.15, -0.1) is 0 Å². The fourth-order valence-electron chi connectivity index (χ4n) is 3.07. The molecule has 1 atom stereocenters. The molecule has 0 saturated carbocycles. The third-order valence-electron chi connectivity index (χ3n) is 4.22. The van der Waals surface area contributed by atoms with Gasteiger partial charge < -0.3 is 4.74 Å². The number of ether oxygens (including phenoxy) is 1. The third-order valence-corrected chi connectivity index (χ3v) is 4.22. The zero-order chi connectivity index (χ0) is 14.8. The minimum Gasteiger partial charge on any atom is -0.379 e. The summed E-state index contributed by atoms with van der Waals surface area (Å²) in [4.78, 5) is 28.5. The molecule has 0 aromatic heterocycles. The molecule has 1 aromatic carbocycles. The van der Waals surface area contributed by atoms with Gasteiger partial charge >= 0.3 is 0 Å². The molecule has 2 aliphatic rings. The van der Waals surface area contributed by atoms with Crippen LogP contribution < -0.4 is 4.90 Å². The van der Waals surface area contributed by atoms with Crippen molar-refractivity contribution in [2.75, 3.05) is 31.2 Å². The van der Waals surface area contributed by atoms with Gasteiger partial charge in [-0.1, -0.05) is 25.1 Å². The Bertz CT molecular complexity index is 552. The van der Waals surface area contributed by atoms with Crippen LogP contribution in [-0.2, 0) is 20.7 Å². The quantitative estimate of drug-likeness (QED) is 0.785. The fourth-order valence-corrected chi connectivity index (χ4v) is 3.07. The Morgan fingerprint density at radius 1 is 1.19 bits per heavy atom. The van der Waals surface area contributed by atoms with E-state index in [1.807, 2.05) is 31.2 Å². The molecular weight excluding hydrogens is 268 g/mol. The van der Waals surface area contributed by atoms with E-state index in [4.69, 9.17) is 4.74 Å². The number of carbonyl (C=O) groups is 2. The van der Waals surface area contributed by atoms with Crippen LogP contribution >= 0.6 is 0 Å². The van der Waals surface area contributed by atoms with Crippen molar-refractivity contribution < 1.29 is 14.3 Å². The number of hydrogen-bond acceptors (Lipinski definition) is 4. The molecule has 3 rings (SSSR count). The highest BCUT2D eigenvalue weighted by molar-refractivity contribution is 6.22. The molecule has 112 valence electrons. The predicted octanol–water partition coefficient (Wildman–Crippen LogP) is 1.21. The molecular formula is C16H20N2O3. The van der Waals surface area contributed by atoms with Crippen molar-refractivity contribution in [3.05, 3.63) is 29.8 Å². The van der Waals surface area contributed by atoms with Gasteiger partial charge in [-0.3, -0.25) is 14.5 Å². The molecule has 2 saturated heterocycles. The number of imide groups is 1. The minimum absolute atomic E-state index is 0.0946. The highest BCUT2D eigenvalue weighted by Gasteiger charge is 2.43. The van der Waals surface area contributed by atoms with Gasteiger partial charge in [0.2, 0.25) is 5.91 Å². The van der Waals surface area contributed by atoms with Gasteiger partial charge in [-0.2, -0.15) is 0 Å². The Morgan fingerprint density at radius 2 is 1.90 bits per heavy atom. The van der Waals surface area contributed by atoms with E-state index < -0.39 is 0 Å². The largest absolute Gasteiger partial charge is 0.379 e. The van der Waals surface area contributed by atoms with Crippen LogP contribution in [0.3, 0.4) is 0 Å². The van der Waals surface area contributed by atoms with E-state index in [0.717, 1.165) is 17.7 Å². The molecule has 0 bridgehead atoms. The van der Waals surface area contributed by atoms with Crippen LogP contribution in [0.2, 0.25) is 0 Å². The Labute approximate surface area is 124 Å². The summed E-state index contributed by atoms with van der Waals surface area (Å²) in [5.74, 6) is -0.194. The minimum atomic E-state index is -0.327. The van der Waals surface area contributed by atoms with Crippen LogP contribution in [-0.4, -0.2) is 49.1 Å². The maximum Gasteiger partial charge on any atom is 0.251 e. The molecule has 21 heavy (non-hydrogen) atoms. The first-order valence-electron chi connectivity index (χ1n) is 7.49. The number of carbonyl (C=O) groups excluding carboxylic acids is 2. The molecule has 1 aromatic rings. The summed E-state index contributed by atoms with van der Waals surface area (Å²) in [7, 11) is 0. The van der Waals surface area contributed by atoms with E-state index in [9.17, 15) is 9.59 Å². The number of benzene rings is 1. The maximum atomic E-state index is 12.7. The van der Waals surface area contributed by atoms with E-state index in [2.05, 4.69) is 4.90 Å². The summed E-state index contributed by atoms with van der Waals surface area (Å²) in [6.07, 6.45) is 1.08. The number of para-hydroxylation sites is 1. The Morgan fingerprint density at radius 3 is 2.62 bits per heavy atom. The monoisotopic (exact) mass is 288 g/mol. The number of hydrogen-bond donors (Lipinski definition) is 0. The van der Waals surface area contributed by atoms with Gasteiger partial charge in [0, 0.05) is 13.1 Å². The van der Waals surface area contributed by atoms with Crippen molar-refractivity contribution in [1.29, 1.82) is 0 Å². The van der Waals surface area contributed by atoms with Gasteiger partial charge in [-0.25, -0.2) is 4.90 Å². The van der Waals surface area contributed by atoms with Crippen LogP contribution in [0.5, 0.6) is 0 Å². The second-order valence-corrected chi connectivity index (χ2v) is 5.42. The Hall–Kier alpha value is -1.72. The lowest BCUT2D eigenvalue weighted by Crippen LogP contribution is -2.47. The van der Waals surface area contributed by atoms with Gasteiger partial charge in [0.05, 0.1) is 31.4 Å². The van der Waals surface area contributed by atoms with Gasteiger partial charge in [-0.05, 0) is 18.1 Å². The molecule has 0 radical (unpaired) electrons. The zero-order valence-corrected chi connectivity index (χ0v) is 12.2. The Balaban J connectivity index is 1.86. The second-order valence-electron chi connectivity index (χ2n) is 5.42. The van der Waals surface area contributed by atoms with Crippen LogP contribution in [0.1, 0.15) is 18.9 Å². The fraction of sp³-hybridized carbons (Fsp3) is 0.500. The number of anilines is 1. The van der Waals surface area contributed by atoms with Crippen molar-refractivity contribution in [3.8, 4) is 0 Å². The Kier molecular flexibility index (Phi) is 4.03. The predicted molar refractivity (Wildman–Crippen MR) is 79.1 cm³/mol. The lowest BCUT2D eigenvalue weighted by Gasteiger charge is -2.30. The van der Waals surface area contributed by atoms with Gasteiger partial charge in [0.15, 0.2) is 0 Å². The smallest absolute Gasteiger partial charge is 0.251 e. The molecule has 5 nitrogen and oxygen atoms in total. The molecule has 2 fully saturated rings. The van der Waals surface area contributed by atoms with Crippen LogP contribution in [0.15, 0.2) is 24.3 Å². The number of morpholine rings is 1. The lowest BCUT2D eigenvalue weighted by atomic mass is 10.1. The van der Waals surface area contributed by atoms with E-state index in [-0.39, 0.29) is 24.3 Å². The SMILES string of the molecule is CCc1ccccc1N1C(=O)C[C@@H](N2CCOCC2)C1=O. The van der Waals surface area contributed by atoms with Crippen LogP contribution in [0, 0.1) is 0 Å². The average Bonchev–Trinajstić information content (AvgIpc) is 2.83. The molecule has 0 spiro atoms. The number of nitrogens with zero attached hydrogens (tertiary/aromatic N) is 2. The first-order chi connectivity index (χ1) is 10.2. The molecule has 2 aliphatic heterocycles. The first kappa shape index (κ1) is 14.2. The topological polar surface area (TPSA) is 49.9 Å². The summed E-state index contributed by atoms with van der Waals surface area (Å²) >= 11 is 0. The first-order valence-corrected chi connectivity index (χ1v) is 7.49. The summed E-state index contributed by atoms with van der Waals surface area (Å²) in [6, 6.07) is 7.31. The number of amides is 2. The summed E-state index contributed by atoms with van der Waals surface area (Å²) in [5, 5.41) is 0. The molecule has 0 aliphatic carbocycles. The second kappa shape index (κ2) is 5.95. The van der Waals surface area contributed by atoms with E-state index in [1.54, 1.807) is 0 Å². The molecule has 2 amide bonds. The molecule has 5 heteroatoms. The number of aryl methyl sites for hydroxylation is 1. The maximum absolute atomic E-state index is 12.7. The summed E-state index contributed by atoms with van der Waals surface area (Å²) < 4.78 is 5.32. The van der Waals surface area contributed by atoms with Crippen molar-refractivity contribution in [2.45, 2.75) is 25.8 Å². The van der Waals surface area contributed by atoms with Crippen molar-refractivity contribution in [3.63, 3.8) is 0 Å². The molecule has 2 heterocycles. The van der Waals surface area contributed by atoms with Crippen LogP contribution in [0.4, 0.5) is 5.69 Å². The summed E-state index contributed by atoms with van der Waals surface area (Å²) in [6.45, 7) is 4.72. The van der Waals surface area contributed by atoms with Gasteiger partial charge in [0.25, 0.3) is 5.91 Å². The normalized spacial score (nSPS) is 23.9. The third kappa shape index (κ3) is 2.59. The van der Waals surface area contributed by atoms with Crippen molar-refractivity contribution in [1.82, 2.24) is 4.90 Å². The highest BCUT2D eigenvalue weighted by Crippen LogP contribution is 2.29. The molecule has 0 N–H and O–H groups in total. The molecule has 0 unspecified atom stereocenters. The van der Waals surface area contributed by atoms with Crippen LogP contribution in [0.25, 0.3) is 0 Å². The van der Waals surface area contributed by atoms with Gasteiger partial charge in [0.1, 0.15) is 0 Å². The average molecular weight is 288 g/mol. The number of rotatable bonds is 3. The van der Waals surface area contributed by atoms with Crippen molar-refractivity contribution in [2.24, 2.45) is 0 Å².